The summed E-state index contributed by atoms with van der Waals surface area (Å²) in [6.45, 7) is 3.84. The van der Waals surface area contributed by atoms with Crippen molar-refractivity contribution in [1.29, 1.82) is 0 Å². The van der Waals surface area contributed by atoms with Gasteiger partial charge in [-0.2, -0.15) is 0 Å². The molecule has 2 amide bonds. The lowest BCUT2D eigenvalue weighted by atomic mass is 10.1. The Balaban J connectivity index is 1.97. The number of methoxy groups -OCH3 is 1. The van der Waals surface area contributed by atoms with Gasteiger partial charge in [0, 0.05) is 16.7 Å². The average molecular weight is 664 g/mol. The fourth-order valence-corrected chi connectivity index (χ4v) is 5.70. The molecule has 1 N–H and O–H groups in total. The molecule has 10 heteroatoms. The molecule has 0 spiro atoms. The lowest BCUT2D eigenvalue weighted by Crippen LogP contribution is -2.51. The van der Waals surface area contributed by atoms with Crippen molar-refractivity contribution in [1.82, 2.24) is 10.2 Å². The Kier molecular flexibility index (Phi) is 11.2. The molecule has 1 atom stereocenters. The van der Waals surface area contributed by atoms with Crippen LogP contribution < -0.4 is 14.4 Å². The number of carbonyl (C=O) groups excluding carboxylic acids is 2. The zero-order chi connectivity index (χ0) is 28.4. The van der Waals surface area contributed by atoms with E-state index in [0.717, 1.165) is 26.3 Å². The summed E-state index contributed by atoms with van der Waals surface area (Å²) in [5.74, 6) is -0.125. The van der Waals surface area contributed by atoms with Crippen LogP contribution in [0.5, 0.6) is 5.75 Å². The topological polar surface area (TPSA) is 96.0 Å². The first-order valence-corrected chi connectivity index (χ1v) is 15.2. The van der Waals surface area contributed by atoms with E-state index in [1.807, 2.05) is 19.1 Å². The summed E-state index contributed by atoms with van der Waals surface area (Å²) in [6.07, 6.45) is 1.74. The number of halogens is 1. The lowest BCUT2D eigenvalue weighted by molar-refractivity contribution is -0.139. The van der Waals surface area contributed by atoms with E-state index in [9.17, 15) is 18.0 Å². The normalized spacial score (nSPS) is 11.9. The first kappa shape index (κ1) is 30.4. The standard InChI is InChI=1S/C29H34IN3O5S/c1-4-5-19-31-29(35)22(2)32(20-23-11-17-26(38-3)18-12-23)28(34)21-33(25-15-13-24(30)14-16-25)39(36,37)27-9-7-6-8-10-27/h6-18,22H,4-5,19-21H2,1-3H3,(H,31,35). The predicted octanol–water partition coefficient (Wildman–Crippen LogP) is 4.83. The van der Waals surface area contributed by atoms with E-state index >= 15 is 0 Å². The molecule has 0 fully saturated rings. The summed E-state index contributed by atoms with van der Waals surface area (Å²) in [7, 11) is -2.51. The summed E-state index contributed by atoms with van der Waals surface area (Å²) in [6, 6.07) is 21.3. The maximum Gasteiger partial charge on any atom is 0.264 e. The summed E-state index contributed by atoms with van der Waals surface area (Å²) in [5.41, 5.74) is 1.14. The van der Waals surface area contributed by atoms with Crippen LogP contribution in [0.25, 0.3) is 0 Å². The number of nitrogens with one attached hydrogen (secondary N) is 1. The lowest BCUT2D eigenvalue weighted by Gasteiger charge is -2.32. The Bertz CT molecular complexity index is 1330. The number of unbranched alkanes of at least 4 members (excludes halogenated alkanes) is 1. The molecule has 208 valence electrons. The SMILES string of the molecule is CCCCNC(=O)C(C)N(Cc1ccc(OC)cc1)C(=O)CN(c1ccc(I)cc1)S(=O)(=O)c1ccccc1. The molecule has 0 saturated heterocycles. The van der Waals surface area contributed by atoms with Gasteiger partial charge in [0.15, 0.2) is 0 Å². The minimum Gasteiger partial charge on any atom is -0.497 e. The van der Waals surface area contributed by atoms with Crippen molar-refractivity contribution in [3.63, 3.8) is 0 Å². The molecule has 0 aromatic heterocycles. The number of anilines is 1. The summed E-state index contributed by atoms with van der Waals surface area (Å²) >= 11 is 2.14. The number of benzene rings is 3. The van der Waals surface area contributed by atoms with Crippen molar-refractivity contribution < 1.29 is 22.7 Å². The largest absolute Gasteiger partial charge is 0.497 e. The molecule has 0 heterocycles. The molecule has 3 aromatic rings. The molecule has 0 radical (unpaired) electrons. The summed E-state index contributed by atoms with van der Waals surface area (Å²) in [4.78, 5) is 28.4. The highest BCUT2D eigenvalue weighted by atomic mass is 127. The van der Waals surface area contributed by atoms with Crippen molar-refractivity contribution in [2.45, 2.75) is 44.2 Å². The van der Waals surface area contributed by atoms with Crippen LogP contribution in [0.3, 0.4) is 0 Å². The van der Waals surface area contributed by atoms with Crippen LogP contribution in [0.1, 0.15) is 32.3 Å². The molecular formula is C29H34IN3O5S. The molecular weight excluding hydrogens is 629 g/mol. The number of sulfonamides is 1. The molecule has 0 aliphatic rings. The smallest absolute Gasteiger partial charge is 0.264 e. The van der Waals surface area contributed by atoms with Gasteiger partial charge in [0.25, 0.3) is 10.0 Å². The minimum absolute atomic E-state index is 0.0726. The first-order valence-electron chi connectivity index (χ1n) is 12.7. The van der Waals surface area contributed by atoms with Crippen molar-refractivity contribution in [3.8, 4) is 5.75 Å². The van der Waals surface area contributed by atoms with Crippen LogP contribution in [0, 0.1) is 3.57 Å². The molecule has 39 heavy (non-hydrogen) atoms. The molecule has 3 aromatic carbocycles. The second kappa shape index (κ2) is 14.3. The predicted molar refractivity (Wildman–Crippen MR) is 161 cm³/mol. The van der Waals surface area contributed by atoms with Gasteiger partial charge in [-0.05, 0) is 90.0 Å². The molecule has 0 saturated carbocycles. The third kappa shape index (κ3) is 8.18. The van der Waals surface area contributed by atoms with Crippen LogP contribution in [-0.4, -0.2) is 51.4 Å². The summed E-state index contributed by atoms with van der Waals surface area (Å²) < 4.78 is 34.7. The third-order valence-corrected chi connectivity index (χ3v) is 8.74. The van der Waals surface area contributed by atoms with Gasteiger partial charge in [0.2, 0.25) is 11.8 Å². The maximum atomic E-state index is 13.9. The highest BCUT2D eigenvalue weighted by Gasteiger charge is 2.32. The average Bonchev–Trinajstić information content (AvgIpc) is 2.95. The van der Waals surface area contributed by atoms with Gasteiger partial charge in [0.1, 0.15) is 18.3 Å². The number of hydrogen-bond acceptors (Lipinski definition) is 5. The van der Waals surface area contributed by atoms with Crippen molar-refractivity contribution in [2.24, 2.45) is 0 Å². The molecule has 0 bridgehead atoms. The Hall–Kier alpha value is -3.12. The van der Waals surface area contributed by atoms with Crippen molar-refractivity contribution in [2.75, 3.05) is 24.5 Å². The van der Waals surface area contributed by atoms with Crippen molar-refractivity contribution >= 4 is 50.1 Å². The number of amides is 2. The minimum atomic E-state index is -4.07. The van der Waals surface area contributed by atoms with Gasteiger partial charge < -0.3 is 15.0 Å². The van der Waals surface area contributed by atoms with E-state index in [1.165, 1.54) is 17.0 Å². The van der Waals surface area contributed by atoms with E-state index < -0.39 is 28.5 Å². The van der Waals surface area contributed by atoms with Crippen LogP contribution in [0.15, 0.2) is 83.8 Å². The number of hydrogen-bond donors (Lipinski definition) is 1. The van der Waals surface area contributed by atoms with E-state index in [0.29, 0.717) is 18.0 Å². The van der Waals surface area contributed by atoms with Gasteiger partial charge in [-0.15, -0.1) is 0 Å². The van der Waals surface area contributed by atoms with Gasteiger partial charge in [0.05, 0.1) is 17.7 Å². The van der Waals surface area contributed by atoms with Crippen LogP contribution >= 0.6 is 22.6 Å². The number of ether oxygens (including phenoxy) is 1. The molecule has 0 aliphatic heterocycles. The number of carbonyl (C=O) groups is 2. The van der Waals surface area contributed by atoms with E-state index in [1.54, 1.807) is 68.6 Å². The summed E-state index contributed by atoms with van der Waals surface area (Å²) in [5, 5.41) is 2.88. The Labute approximate surface area is 244 Å². The van der Waals surface area contributed by atoms with Gasteiger partial charge in [-0.25, -0.2) is 8.42 Å². The Morgan fingerprint density at radius 1 is 0.974 bits per heavy atom. The monoisotopic (exact) mass is 663 g/mol. The maximum absolute atomic E-state index is 13.9. The van der Waals surface area contributed by atoms with Crippen LogP contribution in [0.4, 0.5) is 5.69 Å². The molecule has 8 nitrogen and oxygen atoms in total. The highest BCUT2D eigenvalue weighted by molar-refractivity contribution is 14.1. The van der Waals surface area contributed by atoms with E-state index in [-0.39, 0.29) is 17.3 Å². The molecule has 0 aliphatic carbocycles. The van der Waals surface area contributed by atoms with Gasteiger partial charge in [-0.3, -0.25) is 13.9 Å². The second-order valence-electron chi connectivity index (χ2n) is 8.99. The van der Waals surface area contributed by atoms with Crippen molar-refractivity contribution in [3.05, 3.63) is 88.0 Å². The van der Waals surface area contributed by atoms with Crippen LogP contribution in [-0.2, 0) is 26.2 Å². The Morgan fingerprint density at radius 3 is 2.21 bits per heavy atom. The second-order valence-corrected chi connectivity index (χ2v) is 12.1. The fourth-order valence-electron chi connectivity index (χ4n) is 3.90. The zero-order valence-electron chi connectivity index (χ0n) is 22.3. The third-order valence-electron chi connectivity index (χ3n) is 6.23. The van der Waals surface area contributed by atoms with Crippen LogP contribution in [0.2, 0.25) is 0 Å². The molecule has 3 rings (SSSR count). The molecule has 1 unspecified atom stereocenters. The zero-order valence-corrected chi connectivity index (χ0v) is 25.3. The fraction of sp³-hybridized carbons (Fsp3) is 0.310. The number of nitrogens with zero attached hydrogens (tertiary/aromatic N) is 2. The van der Waals surface area contributed by atoms with Gasteiger partial charge >= 0.3 is 0 Å². The Morgan fingerprint density at radius 2 is 1.62 bits per heavy atom. The van der Waals surface area contributed by atoms with E-state index in [4.69, 9.17) is 4.74 Å². The quantitative estimate of drug-likeness (QED) is 0.209. The first-order chi connectivity index (χ1) is 18.7. The number of rotatable bonds is 13. The van der Waals surface area contributed by atoms with Gasteiger partial charge in [-0.1, -0.05) is 43.7 Å². The highest BCUT2D eigenvalue weighted by Crippen LogP contribution is 2.25. The van der Waals surface area contributed by atoms with E-state index in [2.05, 4.69) is 27.9 Å².